The number of hydrogen-bond acceptors (Lipinski definition) is 3. The van der Waals surface area contributed by atoms with Crippen LogP contribution in [0, 0.1) is 0 Å². The van der Waals surface area contributed by atoms with E-state index in [1.165, 1.54) is 30.4 Å². The summed E-state index contributed by atoms with van der Waals surface area (Å²) in [6.45, 7) is 0.630. The van der Waals surface area contributed by atoms with Crippen molar-refractivity contribution in [2.75, 3.05) is 11.9 Å². The molecule has 1 amide bonds. The summed E-state index contributed by atoms with van der Waals surface area (Å²) in [7, 11) is 0. The molecule has 0 unspecified atom stereocenters. The van der Waals surface area contributed by atoms with E-state index in [1.807, 2.05) is 0 Å². The van der Waals surface area contributed by atoms with E-state index < -0.39 is 0 Å². The highest BCUT2D eigenvalue weighted by atomic mass is 16.5. The lowest BCUT2D eigenvalue weighted by molar-refractivity contribution is -0.116. The number of carbonyl (C=O) groups is 1. The highest BCUT2D eigenvalue weighted by molar-refractivity contribution is 5.90. The summed E-state index contributed by atoms with van der Waals surface area (Å²) in [5, 5.41) is 12.0. The van der Waals surface area contributed by atoms with Crippen molar-refractivity contribution in [1.82, 2.24) is 0 Å². The monoisotopic (exact) mass is 339 g/mol. The Kier molecular flexibility index (Phi) is 5.94. The number of rotatable bonds is 7. The minimum absolute atomic E-state index is 0.0144. The normalized spacial score (nSPS) is 13.1. The Morgan fingerprint density at radius 1 is 1.00 bits per heavy atom. The van der Waals surface area contributed by atoms with Crippen LogP contribution in [0.4, 0.5) is 5.69 Å². The standard InChI is InChI=1S/C21H25NO3/c23-19-11-9-18(10-12-19)22-21(24)7-3-4-14-25-20-13-8-16-5-1-2-6-17(16)15-20/h8-13,15,23H,1-7,14H2,(H,22,24). The fraction of sp³-hybridized carbons (Fsp3) is 0.381. The molecule has 132 valence electrons. The molecule has 0 saturated carbocycles. The van der Waals surface area contributed by atoms with E-state index in [2.05, 4.69) is 23.5 Å². The zero-order valence-electron chi connectivity index (χ0n) is 14.5. The number of phenolic OH excluding ortho intramolecular Hbond substituents is 1. The van der Waals surface area contributed by atoms with Crippen molar-refractivity contribution in [3.63, 3.8) is 0 Å². The molecule has 0 heterocycles. The molecule has 3 rings (SSSR count). The molecule has 0 aromatic heterocycles. The first-order valence-corrected chi connectivity index (χ1v) is 9.04. The second-order valence-corrected chi connectivity index (χ2v) is 6.54. The number of aromatic hydroxyl groups is 1. The number of hydrogen-bond donors (Lipinski definition) is 2. The van der Waals surface area contributed by atoms with Crippen molar-refractivity contribution in [3.05, 3.63) is 53.6 Å². The van der Waals surface area contributed by atoms with Crippen molar-refractivity contribution < 1.29 is 14.6 Å². The van der Waals surface area contributed by atoms with E-state index in [-0.39, 0.29) is 11.7 Å². The Morgan fingerprint density at radius 2 is 1.76 bits per heavy atom. The van der Waals surface area contributed by atoms with Gasteiger partial charge in [-0.05, 0) is 86.1 Å². The van der Waals surface area contributed by atoms with Gasteiger partial charge in [-0.3, -0.25) is 4.79 Å². The Balaban J connectivity index is 1.34. The molecule has 4 heteroatoms. The van der Waals surface area contributed by atoms with Gasteiger partial charge >= 0.3 is 0 Å². The summed E-state index contributed by atoms with van der Waals surface area (Å²) in [6, 6.07) is 12.9. The van der Waals surface area contributed by atoms with Crippen molar-refractivity contribution in [3.8, 4) is 11.5 Å². The molecule has 2 N–H and O–H groups in total. The van der Waals surface area contributed by atoms with Crippen LogP contribution in [0.25, 0.3) is 0 Å². The second kappa shape index (κ2) is 8.56. The second-order valence-electron chi connectivity index (χ2n) is 6.54. The molecule has 25 heavy (non-hydrogen) atoms. The van der Waals surface area contributed by atoms with E-state index in [0.717, 1.165) is 25.0 Å². The molecule has 0 radical (unpaired) electrons. The van der Waals surface area contributed by atoms with Gasteiger partial charge in [0.25, 0.3) is 0 Å². The molecule has 0 aliphatic heterocycles. The number of ether oxygens (including phenoxy) is 1. The SMILES string of the molecule is O=C(CCCCOc1ccc2c(c1)CCCC2)Nc1ccc(O)cc1. The van der Waals surface area contributed by atoms with Crippen LogP contribution >= 0.6 is 0 Å². The van der Waals surface area contributed by atoms with Crippen molar-refractivity contribution >= 4 is 11.6 Å². The van der Waals surface area contributed by atoms with Gasteiger partial charge in [-0.1, -0.05) is 6.07 Å². The highest BCUT2D eigenvalue weighted by Gasteiger charge is 2.10. The van der Waals surface area contributed by atoms with Gasteiger partial charge in [-0.2, -0.15) is 0 Å². The van der Waals surface area contributed by atoms with Crippen LogP contribution < -0.4 is 10.1 Å². The van der Waals surface area contributed by atoms with Gasteiger partial charge in [-0.15, -0.1) is 0 Å². The van der Waals surface area contributed by atoms with Crippen LogP contribution in [0.5, 0.6) is 11.5 Å². The molecule has 0 spiro atoms. The molecule has 0 atom stereocenters. The van der Waals surface area contributed by atoms with Gasteiger partial charge in [0.1, 0.15) is 11.5 Å². The number of amides is 1. The third-order valence-corrected chi connectivity index (χ3v) is 4.54. The van der Waals surface area contributed by atoms with Crippen molar-refractivity contribution in [2.45, 2.75) is 44.9 Å². The lowest BCUT2D eigenvalue weighted by Crippen LogP contribution is -2.11. The Bertz CT molecular complexity index is 710. The number of carbonyl (C=O) groups excluding carboxylic acids is 1. The number of nitrogens with one attached hydrogen (secondary N) is 1. The molecule has 0 fully saturated rings. The zero-order chi connectivity index (χ0) is 17.5. The number of aryl methyl sites for hydroxylation is 2. The number of fused-ring (bicyclic) bond motifs is 1. The maximum atomic E-state index is 11.9. The van der Waals surface area contributed by atoms with Gasteiger partial charge < -0.3 is 15.2 Å². The summed E-state index contributed by atoms with van der Waals surface area (Å²) in [4.78, 5) is 11.9. The van der Waals surface area contributed by atoms with Crippen LogP contribution in [0.1, 0.15) is 43.2 Å². The number of benzene rings is 2. The van der Waals surface area contributed by atoms with Crippen LogP contribution in [-0.4, -0.2) is 17.6 Å². The lowest BCUT2D eigenvalue weighted by Gasteiger charge is -2.16. The summed E-state index contributed by atoms with van der Waals surface area (Å²) in [5.41, 5.74) is 3.59. The molecule has 0 saturated heterocycles. The number of anilines is 1. The van der Waals surface area contributed by atoms with E-state index in [0.29, 0.717) is 18.7 Å². The van der Waals surface area contributed by atoms with Crippen LogP contribution in [0.15, 0.2) is 42.5 Å². The van der Waals surface area contributed by atoms with E-state index in [9.17, 15) is 9.90 Å². The predicted molar refractivity (Wildman–Crippen MR) is 99.2 cm³/mol. The first-order chi connectivity index (χ1) is 12.2. The Labute approximate surface area is 148 Å². The predicted octanol–water partition coefficient (Wildman–Crippen LogP) is 4.46. The van der Waals surface area contributed by atoms with Crippen molar-refractivity contribution in [1.29, 1.82) is 0 Å². The van der Waals surface area contributed by atoms with Gasteiger partial charge in [0, 0.05) is 12.1 Å². The molecule has 4 nitrogen and oxygen atoms in total. The molecule has 1 aliphatic carbocycles. The summed E-state index contributed by atoms with van der Waals surface area (Å²) in [5.74, 6) is 1.12. The minimum atomic E-state index is -0.0144. The van der Waals surface area contributed by atoms with Crippen molar-refractivity contribution in [2.24, 2.45) is 0 Å². The van der Waals surface area contributed by atoms with Crippen LogP contribution in [0.2, 0.25) is 0 Å². The summed E-state index contributed by atoms with van der Waals surface area (Å²) >= 11 is 0. The molecular weight excluding hydrogens is 314 g/mol. The fourth-order valence-electron chi connectivity index (χ4n) is 3.15. The fourth-order valence-corrected chi connectivity index (χ4v) is 3.15. The summed E-state index contributed by atoms with van der Waals surface area (Å²) < 4.78 is 5.83. The van der Waals surface area contributed by atoms with Gasteiger partial charge in [-0.25, -0.2) is 0 Å². The first kappa shape index (κ1) is 17.3. The van der Waals surface area contributed by atoms with Gasteiger partial charge in [0.2, 0.25) is 5.91 Å². The smallest absolute Gasteiger partial charge is 0.224 e. The maximum Gasteiger partial charge on any atom is 0.224 e. The van der Waals surface area contributed by atoms with E-state index >= 15 is 0 Å². The van der Waals surface area contributed by atoms with Gasteiger partial charge in [0.05, 0.1) is 6.61 Å². The molecular formula is C21H25NO3. The summed E-state index contributed by atoms with van der Waals surface area (Å²) in [6.07, 6.45) is 7.01. The first-order valence-electron chi connectivity index (χ1n) is 9.04. The average Bonchev–Trinajstić information content (AvgIpc) is 2.63. The lowest BCUT2D eigenvalue weighted by atomic mass is 9.92. The van der Waals surface area contributed by atoms with E-state index in [1.54, 1.807) is 24.3 Å². The number of unbranched alkanes of at least 4 members (excludes halogenated alkanes) is 1. The molecule has 2 aromatic carbocycles. The Morgan fingerprint density at radius 3 is 2.56 bits per heavy atom. The highest BCUT2D eigenvalue weighted by Crippen LogP contribution is 2.25. The minimum Gasteiger partial charge on any atom is -0.508 e. The van der Waals surface area contributed by atoms with Crippen LogP contribution in [-0.2, 0) is 17.6 Å². The maximum absolute atomic E-state index is 11.9. The number of phenols is 1. The third-order valence-electron chi connectivity index (χ3n) is 4.54. The van der Waals surface area contributed by atoms with Crippen LogP contribution in [0.3, 0.4) is 0 Å². The van der Waals surface area contributed by atoms with Gasteiger partial charge in [0.15, 0.2) is 0 Å². The molecule has 1 aliphatic rings. The average molecular weight is 339 g/mol. The Hall–Kier alpha value is -2.49. The van der Waals surface area contributed by atoms with E-state index in [4.69, 9.17) is 4.74 Å². The molecule has 2 aromatic rings. The largest absolute Gasteiger partial charge is 0.508 e. The zero-order valence-corrected chi connectivity index (χ0v) is 14.5. The topological polar surface area (TPSA) is 58.6 Å². The molecule has 0 bridgehead atoms. The quantitative estimate of drug-likeness (QED) is 0.578. The third kappa shape index (κ3) is 5.24.